The van der Waals surface area contributed by atoms with E-state index in [9.17, 15) is 5.11 Å². The number of hydrogen-bond acceptors (Lipinski definition) is 3. The Balaban J connectivity index is 1.37. The summed E-state index contributed by atoms with van der Waals surface area (Å²) in [6.07, 6.45) is 2.14. The van der Waals surface area contributed by atoms with E-state index in [1.165, 1.54) is 22.3 Å². The van der Waals surface area contributed by atoms with Crippen LogP contribution in [0.4, 0.5) is 0 Å². The van der Waals surface area contributed by atoms with Crippen molar-refractivity contribution in [3.05, 3.63) is 151 Å². The lowest BCUT2D eigenvalue weighted by Crippen LogP contribution is -2.11. The molecule has 0 saturated heterocycles. The molecule has 0 aliphatic heterocycles. The van der Waals surface area contributed by atoms with Gasteiger partial charge in [0, 0.05) is 28.9 Å². The normalized spacial score (nSPS) is 12.1. The highest BCUT2D eigenvalue weighted by Gasteiger charge is 2.21. The fraction of sp³-hybridized carbons (Fsp3) is 0.213. The van der Waals surface area contributed by atoms with Crippen molar-refractivity contribution in [3.63, 3.8) is 0 Å². The fourth-order valence-corrected chi connectivity index (χ4v) is 7.26. The Morgan fingerprint density at radius 2 is 1.27 bits per heavy atom. The standard InChI is InChI=1S/C47H46N4O/c1-30(2)37-20-13-21-38(31(3)4)46(37)36-25-26-48-41(28-36)35-18-12-17-34(27-35)40-22-14-24-43-47(40)50-44(29-45(52)49-32(5)6)51(43)42-23-11-10-19-39(42)33-15-8-7-9-16-33/h7-28,30-32H,29H2,1-6H3,(H,49,52). The molecule has 0 atom stereocenters. The summed E-state index contributed by atoms with van der Waals surface area (Å²) in [5.41, 5.74) is 14.3. The highest BCUT2D eigenvalue weighted by Crippen LogP contribution is 2.39. The maximum Gasteiger partial charge on any atom is 0.188 e. The van der Waals surface area contributed by atoms with Crippen molar-refractivity contribution in [2.45, 2.75) is 65.8 Å². The number of nitrogens with zero attached hydrogens (tertiary/aromatic N) is 4. The third-order valence-electron chi connectivity index (χ3n) is 9.60. The zero-order valence-electron chi connectivity index (χ0n) is 30.9. The molecule has 0 aliphatic carbocycles. The van der Waals surface area contributed by atoms with Gasteiger partial charge in [-0.15, -0.1) is 0 Å². The minimum Gasteiger partial charge on any atom is -0.496 e. The zero-order chi connectivity index (χ0) is 36.4. The summed E-state index contributed by atoms with van der Waals surface area (Å²) in [5.74, 6) is 1.59. The Morgan fingerprint density at radius 3 is 2.00 bits per heavy atom. The monoisotopic (exact) mass is 682 g/mol. The van der Waals surface area contributed by atoms with Crippen LogP contribution in [-0.2, 0) is 6.42 Å². The zero-order valence-corrected chi connectivity index (χ0v) is 30.9. The Hall–Kier alpha value is -5.81. The number of fused-ring (bicyclic) bond motifs is 1. The third kappa shape index (κ3) is 6.91. The number of aliphatic hydroxyl groups excluding tert-OH is 1. The van der Waals surface area contributed by atoms with E-state index in [4.69, 9.17) is 9.97 Å². The van der Waals surface area contributed by atoms with Crippen molar-refractivity contribution < 1.29 is 5.11 Å². The molecule has 7 aromatic rings. The summed E-state index contributed by atoms with van der Waals surface area (Å²) < 4.78 is 2.18. The first-order valence-electron chi connectivity index (χ1n) is 18.3. The van der Waals surface area contributed by atoms with Crippen molar-refractivity contribution in [2.24, 2.45) is 4.99 Å². The first-order chi connectivity index (χ1) is 25.2. The molecule has 1 N–H and O–H groups in total. The molecular formula is C47H46N4O. The van der Waals surface area contributed by atoms with E-state index in [0.717, 1.165) is 56.1 Å². The Kier molecular flexibility index (Phi) is 9.86. The number of para-hydroxylation sites is 2. The minimum absolute atomic E-state index is 0.0318. The van der Waals surface area contributed by atoms with Crippen LogP contribution < -0.4 is 0 Å². The smallest absolute Gasteiger partial charge is 0.188 e. The quantitative estimate of drug-likeness (QED) is 0.115. The van der Waals surface area contributed by atoms with Gasteiger partial charge in [0.2, 0.25) is 0 Å². The molecule has 5 nitrogen and oxygen atoms in total. The second-order valence-electron chi connectivity index (χ2n) is 14.4. The molecule has 52 heavy (non-hydrogen) atoms. The van der Waals surface area contributed by atoms with Crippen LogP contribution >= 0.6 is 0 Å². The molecule has 0 unspecified atom stereocenters. The van der Waals surface area contributed by atoms with E-state index in [1.807, 2.05) is 26.1 Å². The summed E-state index contributed by atoms with van der Waals surface area (Å²) in [6, 6.07) is 44.7. The van der Waals surface area contributed by atoms with Crippen LogP contribution in [0.3, 0.4) is 0 Å². The number of rotatable bonds is 10. The van der Waals surface area contributed by atoms with Gasteiger partial charge in [0.25, 0.3) is 0 Å². The first-order valence-corrected chi connectivity index (χ1v) is 18.3. The van der Waals surface area contributed by atoms with Crippen LogP contribution in [0.25, 0.3) is 61.4 Å². The summed E-state index contributed by atoms with van der Waals surface area (Å²) in [7, 11) is 0. The number of hydrogen-bond donors (Lipinski definition) is 1. The molecule has 0 fully saturated rings. The average molecular weight is 683 g/mol. The molecule has 260 valence electrons. The second kappa shape index (κ2) is 14.8. The van der Waals surface area contributed by atoms with Gasteiger partial charge in [0.1, 0.15) is 5.82 Å². The predicted molar refractivity (Wildman–Crippen MR) is 218 cm³/mol. The predicted octanol–water partition coefficient (Wildman–Crippen LogP) is 12.2. The van der Waals surface area contributed by atoms with Crippen molar-refractivity contribution in [2.75, 3.05) is 0 Å². The number of imidazole rings is 1. The molecular weight excluding hydrogens is 637 g/mol. The minimum atomic E-state index is -0.0318. The Bertz CT molecular complexity index is 2360. The van der Waals surface area contributed by atoms with E-state index in [2.05, 4.69) is 159 Å². The van der Waals surface area contributed by atoms with Crippen molar-refractivity contribution in [1.29, 1.82) is 0 Å². The topological polar surface area (TPSA) is 63.3 Å². The van der Waals surface area contributed by atoms with Crippen LogP contribution in [0.1, 0.15) is 70.3 Å². The van der Waals surface area contributed by atoms with E-state index < -0.39 is 0 Å². The van der Waals surface area contributed by atoms with Crippen molar-refractivity contribution in [1.82, 2.24) is 14.5 Å². The summed E-state index contributed by atoms with van der Waals surface area (Å²) >= 11 is 0. The van der Waals surface area contributed by atoms with Gasteiger partial charge in [0.05, 0.1) is 28.8 Å². The number of pyridine rings is 1. The van der Waals surface area contributed by atoms with Gasteiger partial charge in [-0.25, -0.2) is 4.98 Å². The number of benzene rings is 5. The highest BCUT2D eigenvalue weighted by atomic mass is 16.3. The van der Waals surface area contributed by atoms with E-state index >= 15 is 0 Å². The van der Waals surface area contributed by atoms with Crippen LogP contribution in [-0.4, -0.2) is 31.6 Å². The third-order valence-corrected chi connectivity index (χ3v) is 9.60. The maximum atomic E-state index is 11.0. The molecule has 0 bridgehead atoms. The van der Waals surface area contributed by atoms with Gasteiger partial charge in [-0.05, 0) is 89.4 Å². The molecule has 0 spiro atoms. The van der Waals surface area contributed by atoms with Gasteiger partial charge >= 0.3 is 0 Å². The van der Waals surface area contributed by atoms with Crippen molar-refractivity contribution >= 4 is 16.9 Å². The molecule has 2 heterocycles. The van der Waals surface area contributed by atoms with E-state index in [1.54, 1.807) is 0 Å². The lowest BCUT2D eigenvalue weighted by molar-refractivity contribution is 0.524. The van der Waals surface area contributed by atoms with Crippen LogP contribution in [0.2, 0.25) is 0 Å². The molecule has 2 aromatic heterocycles. The number of aliphatic hydroxyl groups is 1. The molecule has 0 radical (unpaired) electrons. The second-order valence-corrected chi connectivity index (χ2v) is 14.4. The average Bonchev–Trinajstić information content (AvgIpc) is 3.52. The molecule has 5 heteroatoms. The lowest BCUT2D eigenvalue weighted by atomic mass is 9.85. The van der Waals surface area contributed by atoms with E-state index in [0.29, 0.717) is 11.8 Å². The van der Waals surface area contributed by atoms with Gasteiger partial charge in [-0.1, -0.05) is 125 Å². The largest absolute Gasteiger partial charge is 0.496 e. The van der Waals surface area contributed by atoms with Gasteiger partial charge in [-0.3, -0.25) is 14.5 Å². The fourth-order valence-electron chi connectivity index (χ4n) is 7.26. The summed E-state index contributed by atoms with van der Waals surface area (Å²) in [5, 5.41) is 11.0. The lowest BCUT2D eigenvalue weighted by Gasteiger charge is -2.20. The van der Waals surface area contributed by atoms with Gasteiger partial charge in [-0.2, -0.15) is 0 Å². The summed E-state index contributed by atoms with van der Waals surface area (Å²) in [4.78, 5) is 14.6. The molecule has 5 aromatic carbocycles. The van der Waals surface area contributed by atoms with Crippen LogP contribution in [0.5, 0.6) is 0 Å². The molecule has 0 saturated carbocycles. The van der Waals surface area contributed by atoms with E-state index in [-0.39, 0.29) is 18.4 Å². The summed E-state index contributed by atoms with van der Waals surface area (Å²) in [6.45, 7) is 13.0. The molecule has 0 aliphatic rings. The SMILES string of the molecule is CC(C)N=C(O)Cc1nc2c(-c3cccc(-c4cc(-c5c(C(C)C)cccc5C(C)C)ccn4)c3)cccc2n1-c1ccccc1-c1ccccc1. The van der Waals surface area contributed by atoms with Gasteiger partial charge in [0.15, 0.2) is 5.90 Å². The Morgan fingerprint density at radius 1 is 0.635 bits per heavy atom. The molecule has 0 amide bonds. The van der Waals surface area contributed by atoms with Crippen molar-refractivity contribution in [3.8, 4) is 50.3 Å². The highest BCUT2D eigenvalue weighted by molar-refractivity contribution is 5.95. The number of aliphatic imine (C=N–C) groups is 1. The number of aromatic nitrogens is 3. The Labute approximate surface area is 307 Å². The maximum absolute atomic E-state index is 11.0. The van der Waals surface area contributed by atoms with Crippen LogP contribution in [0, 0.1) is 0 Å². The van der Waals surface area contributed by atoms with Crippen LogP contribution in [0.15, 0.2) is 139 Å². The molecule has 7 rings (SSSR count). The van der Waals surface area contributed by atoms with Gasteiger partial charge < -0.3 is 5.11 Å². The first kappa shape index (κ1) is 34.6.